The van der Waals surface area contributed by atoms with E-state index in [1.807, 2.05) is 24.4 Å². The van der Waals surface area contributed by atoms with E-state index in [1.54, 1.807) is 12.4 Å². The molecule has 2 aromatic rings. The first-order valence-corrected chi connectivity index (χ1v) is 3.97. The minimum atomic E-state index is 0.753. The molecule has 0 aliphatic carbocycles. The lowest BCUT2D eigenvalue weighted by Gasteiger charge is -1.97. The van der Waals surface area contributed by atoms with Gasteiger partial charge in [-0.3, -0.25) is 4.98 Å². The standard InChI is InChI=1S/C9H8N4/c1-2-8(7-10-4-1)6-9-3-5-11-13-12-9/h1-5,7H,6H2. The van der Waals surface area contributed by atoms with Gasteiger partial charge >= 0.3 is 0 Å². The molecule has 4 nitrogen and oxygen atoms in total. The van der Waals surface area contributed by atoms with E-state index in [4.69, 9.17) is 0 Å². The van der Waals surface area contributed by atoms with E-state index >= 15 is 0 Å². The smallest absolute Gasteiger partial charge is 0.0709 e. The second-order valence-electron chi connectivity index (χ2n) is 2.65. The number of nitrogens with zero attached hydrogens (tertiary/aromatic N) is 4. The van der Waals surface area contributed by atoms with Crippen LogP contribution in [-0.4, -0.2) is 20.4 Å². The Morgan fingerprint density at radius 3 is 2.85 bits per heavy atom. The van der Waals surface area contributed by atoms with E-state index in [-0.39, 0.29) is 0 Å². The predicted octanol–water partition coefficient (Wildman–Crippen LogP) is 0.857. The van der Waals surface area contributed by atoms with Gasteiger partial charge in [-0.05, 0) is 22.9 Å². The Morgan fingerprint density at radius 2 is 2.15 bits per heavy atom. The van der Waals surface area contributed by atoms with E-state index in [0.717, 1.165) is 17.7 Å². The molecule has 0 aromatic carbocycles. The first-order chi connectivity index (χ1) is 6.45. The summed E-state index contributed by atoms with van der Waals surface area (Å²) in [5, 5.41) is 11.1. The van der Waals surface area contributed by atoms with Crippen molar-refractivity contribution in [2.24, 2.45) is 0 Å². The van der Waals surface area contributed by atoms with E-state index < -0.39 is 0 Å². The fourth-order valence-corrected chi connectivity index (χ4v) is 1.07. The molecular formula is C9H8N4. The lowest BCUT2D eigenvalue weighted by atomic mass is 10.2. The maximum Gasteiger partial charge on any atom is 0.0709 e. The van der Waals surface area contributed by atoms with Crippen molar-refractivity contribution in [3.63, 3.8) is 0 Å². The van der Waals surface area contributed by atoms with Crippen LogP contribution in [0.15, 0.2) is 36.8 Å². The van der Waals surface area contributed by atoms with E-state index in [1.165, 1.54) is 0 Å². The van der Waals surface area contributed by atoms with Crippen molar-refractivity contribution in [3.8, 4) is 0 Å². The molecular weight excluding hydrogens is 164 g/mol. The second-order valence-corrected chi connectivity index (χ2v) is 2.65. The number of hydrogen-bond acceptors (Lipinski definition) is 4. The molecule has 2 aromatic heterocycles. The Bertz CT molecular complexity index is 322. The van der Waals surface area contributed by atoms with E-state index in [9.17, 15) is 0 Å². The zero-order valence-electron chi connectivity index (χ0n) is 6.96. The van der Waals surface area contributed by atoms with Crippen molar-refractivity contribution in [1.29, 1.82) is 0 Å². The summed E-state index contributed by atoms with van der Waals surface area (Å²) < 4.78 is 0. The van der Waals surface area contributed by atoms with Crippen LogP contribution >= 0.6 is 0 Å². The quantitative estimate of drug-likeness (QED) is 0.674. The molecule has 13 heavy (non-hydrogen) atoms. The number of hydrogen-bond donors (Lipinski definition) is 0. The summed E-state index contributed by atoms with van der Waals surface area (Å²) in [6.45, 7) is 0. The fraction of sp³-hybridized carbons (Fsp3) is 0.111. The van der Waals surface area contributed by atoms with Crippen LogP contribution in [0.5, 0.6) is 0 Å². The largest absolute Gasteiger partial charge is 0.264 e. The first-order valence-electron chi connectivity index (χ1n) is 3.97. The molecule has 0 atom stereocenters. The van der Waals surface area contributed by atoms with Gasteiger partial charge in [0.05, 0.1) is 11.9 Å². The van der Waals surface area contributed by atoms with Gasteiger partial charge in [-0.1, -0.05) is 6.07 Å². The lowest BCUT2D eigenvalue weighted by Crippen LogP contribution is -1.95. The number of rotatable bonds is 2. The zero-order valence-corrected chi connectivity index (χ0v) is 6.96. The van der Waals surface area contributed by atoms with Crippen LogP contribution < -0.4 is 0 Å². The summed E-state index contributed by atoms with van der Waals surface area (Å²) in [7, 11) is 0. The summed E-state index contributed by atoms with van der Waals surface area (Å²) in [4.78, 5) is 4.02. The van der Waals surface area contributed by atoms with E-state index in [2.05, 4.69) is 20.4 Å². The Hall–Kier alpha value is -1.84. The molecule has 0 radical (unpaired) electrons. The SMILES string of the molecule is c1cncc(Cc2ccnnn2)c1. The van der Waals surface area contributed by atoms with Crippen molar-refractivity contribution in [3.05, 3.63) is 48.0 Å². The summed E-state index contributed by atoms with van der Waals surface area (Å²) in [5.74, 6) is 0. The van der Waals surface area contributed by atoms with Crippen LogP contribution in [-0.2, 0) is 6.42 Å². The summed E-state index contributed by atoms with van der Waals surface area (Å²) in [6.07, 6.45) is 5.96. The highest BCUT2D eigenvalue weighted by Crippen LogP contribution is 2.02. The zero-order chi connectivity index (χ0) is 8.93. The van der Waals surface area contributed by atoms with Crippen LogP contribution in [0.3, 0.4) is 0 Å². The number of aromatic nitrogens is 4. The predicted molar refractivity (Wildman–Crippen MR) is 46.9 cm³/mol. The summed E-state index contributed by atoms with van der Waals surface area (Å²) in [6, 6.07) is 5.76. The van der Waals surface area contributed by atoms with Crippen molar-refractivity contribution >= 4 is 0 Å². The fourth-order valence-electron chi connectivity index (χ4n) is 1.07. The Labute approximate surface area is 75.7 Å². The van der Waals surface area contributed by atoms with Gasteiger partial charge in [-0.25, -0.2) is 0 Å². The van der Waals surface area contributed by atoms with Gasteiger partial charge in [0.25, 0.3) is 0 Å². The Balaban J connectivity index is 2.16. The Morgan fingerprint density at radius 1 is 1.15 bits per heavy atom. The molecule has 0 spiro atoms. The molecule has 4 heteroatoms. The third kappa shape index (κ3) is 2.05. The highest BCUT2D eigenvalue weighted by molar-refractivity contribution is 5.16. The van der Waals surface area contributed by atoms with Crippen molar-refractivity contribution in [2.75, 3.05) is 0 Å². The molecule has 0 unspecified atom stereocenters. The van der Waals surface area contributed by atoms with Crippen LogP contribution in [0.2, 0.25) is 0 Å². The average molecular weight is 172 g/mol. The molecule has 0 fully saturated rings. The van der Waals surface area contributed by atoms with Gasteiger partial charge in [0.1, 0.15) is 0 Å². The topological polar surface area (TPSA) is 51.6 Å². The molecule has 64 valence electrons. The summed E-state index contributed by atoms with van der Waals surface area (Å²) in [5.41, 5.74) is 2.03. The molecule has 0 saturated carbocycles. The van der Waals surface area contributed by atoms with Gasteiger partial charge in [0.2, 0.25) is 0 Å². The van der Waals surface area contributed by atoms with Crippen LogP contribution in [0.4, 0.5) is 0 Å². The maximum atomic E-state index is 4.02. The molecule has 0 N–H and O–H groups in total. The monoisotopic (exact) mass is 172 g/mol. The van der Waals surface area contributed by atoms with Gasteiger partial charge < -0.3 is 0 Å². The average Bonchev–Trinajstić information content (AvgIpc) is 2.21. The van der Waals surface area contributed by atoms with Gasteiger partial charge in [-0.15, -0.1) is 10.2 Å². The van der Waals surface area contributed by atoms with Crippen LogP contribution in [0.25, 0.3) is 0 Å². The second kappa shape index (κ2) is 3.71. The number of pyridine rings is 1. The molecule has 0 aliphatic heterocycles. The molecule has 2 rings (SSSR count). The molecule has 0 amide bonds. The van der Waals surface area contributed by atoms with Gasteiger partial charge in [0.15, 0.2) is 0 Å². The van der Waals surface area contributed by atoms with Crippen molar-refractivity contribution < 1.29 is 0 Å². The van der Waals surface area contributed by atoms with Crippen molar-refractivity contribution in [1.82, 2.24) is 20.4 Å². The van der Waals surface area contributed by atoms with Crippen LogP contribution in [0.1, 0.15) is 11.3 Å². The summed E-state index contributed by atoms with van der Waals surface area (Å²) >= 11 is 0. The van der Waals surface area contributed by atoms with Crippen molar-refractivity contribution in [2.45, 2.75) is 6.42 Å². The highest BCUT2D eigenvalue weighted by Gasteiger charge is 1.96. The van der Waals surface area contributed by atoms with Gasteiger partial charge in [0, 0.05) is 18.8 Å². The normalized spacial score (nSPS) is 9.85. The minimum absolute atomic E-state index is 0.753. The molecule has 0 bridgehead atoms. The van der Waals surface area contributed by atoms with E-state index in [0.29, 0.717) is 0 Å². The molecule has 0 aliphatic rings. The first kappa shape index (κ1) is 7.79. The maximum absolute atomic E-state index is 4.02. The minimum Gasteiger partial charge on any atom is -0.264 e. The highest BCUT2D eigenvalue weighted by atomic mass is 15.3. The van der Waals surface area contributed by atoms with Crippen LogP contribution in [0, 0.1) is 0 Å². The Kier molecular flexibility index (Phi) is 2.22. The van der Waals surface area contributed by atoms with Gasteiger partial charge in [-0.2, -0.15) is 0 Å². The lowest BCUT2D eigenvalue weighted by molar-refractivity contribution is 0.820. The third-order valence-corrected chi connectivity index (χ3v) is 1.67. The molecule has 0 saturated heterocycles. The third-order valence-electron chi connectivity index (χ3n) is 1.67. The molecule has 2 heterocycles.